The lowest BCUT2D eigenvalue weighted by Crippen LogP contribution is -2.18. The van der Waals surface area contributed by atoms with Gasteiger partial charge in [-0.25, -0.2) is 16.8 Å². The van der Waals surface area contributed by atoms with E-state index in [1.54, 1.807) is 6.92 Å². The van der Waals surface area contributed by atoms with Crippen LogP contribution in [-0.2, 0) is 19.7 Å². The van der Waals surface area contributed by atoms with E-state index in [1.165, 1.54) is 12.1 Å². The van der Waals surface area contributed by atoms with Crippen molar-refractivity contribution in [2.24, 2.45) is 0 Å². The third-order valence-corrected chi connectivity index (χ3v) is 5.12. The maximum atomic E-state index is 11.7. The molecule has 0 aromatic heterocycles. The van der Waals surface area contributed by atoms with E-state index in [0.29, 0.717) is 11.6 Å². The highest BCUT2D eigenvalue weighted by Gasteiger charge is 2.18. The molecule has 0 aliphatic rings. The van der Waals surface area contributed by atoms with Crippen molar-refractivity contribution >= 4 is 37.0 Å². The number of halogens is 1. The Bertz CT molecular complexity index is 668. The lowest BCUT2D eigenvalue weighted by atomic mass is 10.3. The Kier molecular flexibility index (Phi) is 4.86. The van der Waals surface area contributed by atoms with Gasteiger partial charge in [0, 0.05) is 24.4 Å². The molecule has 19 heavy (non-hydrogen) atoms. The smallest absolute Gasteiger partial charge is 0.177 e. The van der Waals surface area contributed by atoms with Crippen LogP contribution in [0.1, 0.15) is 6.92 Å². The minimum atomic E-state index is -3.54. The van der Waals surface area contributed by atoms with Gasteiger partial charge in [-0.1, -0.05) is 0 Å². The summed E-state index contributed by atoms with van der Waals surface area (Å²) in [4.78, 5) is -0.0793. The second kappa shape index (κ2) is 5.68. The molecule has 0 saturated carbocycles. The monoisotopic (exact) mass is 325 g/mol. The SMILES string of the molecule is CC(CCl)Nc1ccc(S(C)(=O)=O)cc1S(C)(=O)=O. The minimum Gasteiger partial charge on any atom is -0.380 e. The summed E-state index contributed by atoms with van der Waals surface area (Å²) in [6, 6.07) is 3.84. The van der Waals surface area contributed by atoms with Crippen molar-refractivity contribution in [2.45, 2.75) is 22.8 Å². The zero-order valence-corrected chi connectivity index (χ0v) is 13.2. The van der Waals surface area contributed by atoms with Crippen LogP contribution in [0.5, 0.6) is 0 Å². The zero-order valence-electron chi connectivity index (χ0n) is 10.8. The summed E-state index contributed by atoms with van der Waals surface area (Å²) in [5.74, 6) is 0.303. The van der Waals surface area contributed by atoms with Gasteiger partial charge in [-0.05, 0) is 25.1 Å². The summed E-state index contributed by atoms with van der Waals surface area (Å²) in [7, 11) is -6.99. The van der Waals surface area contributed by atoms with Crippen molar-refractivity contribution in [3.05, 3.63) is 18.2 Å². The van der Waals surface area contributed by atoms with Gasteiger partial charge < -0.3 is 5.32 Å². The number of anilines is 1. The molecule has 0 aliphatic carbocycles. The van der Waals surface area contributed by atoms with Crippen LogP contribution in [0.2, 0.25) is 0 Å². The number of alkyl halides is 1. The molecule has 108 valence electrons. The highest BCUT2D eigenvalue weighted by atomic mass is 35.5. The van der Waals surface area contributed by atoms with Crippen molar-refractivity contribution in [1.82, 2.24) is 0 Å². The van der Waals surface area contributed by atoms with Gasteiger partial charge in [0.1, 0.15) is 0 Å². The van der Waals surface area contributed by atoms with E-state index < -0.39 is 19.7 Å². The molecule has 0 amide bonds. The first-order valence-electron chi connectivity index (χ1n) is 5.42. The molecule has 0 heterocycles. The summed E-state index contributed by atoms with van der Waals surface area (Å²) in [6.45, 7) is 1.80. The molecule has 0 bridgehead atoms. The Morgan fingerprint density at radius 2 is 1.74 bits per heavy atom. The van der Waals surface area contributed by atoms with Gasteiger partial charge in [0.2, 0.25) is 0 Å². The molecule has 5 nitrogen and oxygen atoms in total. The molecule has 1 unspecified atom stereocenters. The van der Waals surface area contributed by atoms with Crippen molar-refractivity contribution in [3.63, 3.8) is 0 Å². The van der Waals surface area contributed by atoms with Gasteiger partial charge in [-0.2, -0.15) is 0 Å². The molecule has 0 aliphatic heterocycles. The van der Waals surface area contributed by atoms with Gasteiger partial charge in [-0.15, -0.1) is 11.6 Å². The van der Waals surface area contributed by atoms with Crippen LogP contribution in [-0.4, -0.2) is 41.3 Å². The third-order valence-electron chi connectivity index (χ3n) is 2.41. The predicted molar refractivity (Wildman–Crippen MR) is 76.5 cm³/mol. The van der Waals surface area contributed by atoms with Gasteiger partial charge in [-0.3, -0.25) is 0 Å². The number of nitrogens with one attached hydrogen (secondary N) is 1. The minimum absolute atomic E-state index is 0.0306. The van der Waals surface area contributed by atoms with Crippen LogP contribution in [0.4, 0.5) is 5.69 Å². The van der Waals surface area contributed by atoms with E-state index in [9.17, 15) is 16.8 Å². The summed E-state index contributed by atoms with van der Waals surface area (Å²) >= 11 is 5.66. The van der Waals surface area contributed by atoms with Crippen LogP contribution >= 0.6 is 11.6 Å². The number of sulfone groups is 2. The molecule has 1 atom stereocenters. The highest BCUT2D eigenvalue weighted by Crippen LogP contribution is 2.25. The third kappa shape index (κ3) is 4.36. The fraction of sp³-hybridized carbons (Fsp3) is 0.455. The second-order valence-corrected chi connectivity index (χ2v) is 8.71. The van der Waals surface area contributed by atoms with Crippen molar-refractivity contribution < 1.29 is 16.8 Å². The molecule has 1 rings (SSSR count). The standard InChI is InChI=1S/C11H16ClNO4S2/c1-8(7-12)13-10-5-4-9(18(2,14)15)6-11(10)19(3,16)17/h4-6,8,13H,7H2,1-3H3. The quantitative estimate of drug-likeness (QED) is 0.830. The van der Waals surface area contributed by atoms with Gasteiger partial charge in [0.15, 0.2) is 19.7 Å². The highest BCUT2D eigenvalue weighted by molar-refractivity contribution is 7.91. The molecular formula is C11H16ClNO4S2. The maximum Gasteiger partial charge on any atom is 0.177 e. The normalized spacial score (nSPS) is 14.1. The van der Waals surface area contributed by atoms with E-state index in [4.69, 9.17) is 11.6 Å². The zero-order chi connectivity index (χ0) is 14.8. The molecule has 0 spiro atoms. The molecule has 1 aromatic carbocycles. The molecular weight excluding hydrogens is 310 g/mol. The molecule has 0 fully saturated rings. The summed E-state index contributed by atoms with van der Waals surface area (Å²) in [5.41, 5.74) is 0.350. The van der Waals surface area contributed by atoms with E-state index >= 15 is 0 Å². The first-order valence-corrected chi connectivity index (χ1v) is 9.74. The Labute approximate surface area is 118 Å². The fourth-order valence-electron chi connectivity index (χ4n) is 1.46. The maximum absolute atomic E-state index is 11.7. The van der Waals surface area contributed by atoms with E-state index in [-0.39, 0.29) is 15.8 Å². The van der Waals surface area contributed by atoms with E-state index in [0.717, 1.165) is 18.6 Å². The topological polar surface area (TPSA) is 80.3 Å². The Hall–Kier alpha value is -0.790. The molecule has 1 N–H and O–H groups in total. The molecule has 1 aromatic rings. The largest absolute Gasteiger partial charge is 0.380 e. The average molecular weight is 326 g/mol. The van der Waals surface area contributed by atoms with Crippen molar-refractivity contribution in [1.29, 1.82) is 0 Å². The van der Waals surface area contributed by atoms with Gasteiger partial charge in [0.25, 0.3) is 0 Å². The number of rotatable bonds is 5. The lowest BCUT2D eigenvalue weighted by molar-refractivity contribution is 0.600. The van der Waals surface area contributed by atoms with Gasteiger partial charge >= 0.3 is 0 Å². The second-order valence-electron chi connectivity index (χ2n) is 4.40. The van der Waals surface area contributed by atoms with Crippen LogP contribution < -0.4 is 5.32 Å². The van der Waals surface area contributed by atoms with Crippen molar-refractivity contribution in [2.75, 3.05) is 23.7 Å². The molecule has 0 radical (unpaired) electrons. The van der Waals surface area contributed by atoms with E-state index in [2.05, 4.69) is 5.32 Å². The van der Waals surface area contributed by atoms with Gasteiger partial charge in [0.05, 0.1) is 15.5 Å². The Balaban J connectivity index is 3.42. The van der Waals surface area contributed by atoms with Crippen molar-refractivity contribution in [3.8, 4) is 0 Å². The summed E-state index contributed by atoms with van der Waals surface area (Å²) < 4.78 is 46.4. The van der Waals surface area contributed by atoms with Crippen LogP contribution in [0, 0.1) is 0 Å². The van der Waals surface area contributed by atoms with E-state index in [1.807, 2.05) is 0 Å². The predicted octanol–water partition coefficient (Wildman–Crippen LogP) is 1.53. The number of benzene rings is 1. The number of hydrogen-bond acceptors (Lipinski definition) is 5. The van der Waals surface area contributed by atoms with Crippen LogP contribution in [0.15, 0.2) is 28.0 Å². The molecule has 8 heteroatoms. The summed E-state index contributed by atoms with van der Waals surface area (Å²) in [5, 5.41) is 2.94. The van der Waals surface area contributed by atoms with Crippen LogP contribution in [0.3, 0.4) is 0 Å². The number of hydrogen-bond donors (Lipinski definition) is 1. The Morgan fingerprint density at radius 1 is 1.16 bits per heavy atom. The summed E-state index contributed by atoms with van der Waals surface area (Å²) in [6.07, 6.45) is 2.06. The average Bonchev–Trinajstić information content (AvgIpc) is 2.26. The first-order chi connectivity index (χ1) is 8.55. The Morgan fingerprint density at radius 3 is 2.16 bits per heavy atom. The first kappa shape index (κ1) is 16.3. The lowest BCUT2D eigenvalue weighted by Gasteiger charge is -2.16. The fourth-order valence-corrected chi connectivity index (χ4v) is 3.13. The van der Waals surface area contributed by atoms with Crippen LogP contribution in [0.25, 0.3) is 0 Å². The molecule has 0 saturated heterocycles.